The fourth-order valence-electron chi connectivity index (χ4n) is 2.45. The maximum Gasteiger partial charge on any atom is 0.490 e. The van der Waals surface area contributed by atoms with E-state index < -0.39 is 12.1 Å². The number of halogens is 3. The molecule has 0 spiro atoms. The quantitative estimate of drug-likeness (QED) is 0.643. The van der Waals surface area contributed by atoms with Gasteiger partial charge in [0.2, 0.25) is 0 Å². The number of hydrogen-bond acceptors (Lipinski definition) is 3. The van der Waals surface area contributed by atoms with Crippen molar-refractivity contribution in [2.45, 2.75) is 12.6 Å². The number of aromatic amines is 1. The van der Waals surface area contributed by atoms with Crippen molar-refractivity contribution in [3.8, 4) is 22.4 Å². The van der Waals surface area contributed by atoms with Crippen LogP contribution in [0.25, 0.3) is 22.4 Å². The molecule has 2 aromatic carbocycles. The van der Waals surface area contributed by atoms with Gasteiger partial charge in [-0.05, 0) is 41.8 Å². The number of carbonyl (C=O) groups is 1. The molecule has 0 aliphatic heterocycles. The molecule has 1 aromatic heterocycles. The summed E-state index contributed by atoms with van der Waals surface area (Å²) in [6.45, 7) is 0.664. The number of hydrogen-bond donors (Lipinski definition) is 3. The van der Waals surface area contributed by atoms with Crippen molar-refractivity contribution >= 4 is 5.97 Å². The highest BCUT2D eigenvalue weighted by Gasteiger charge is 2.38. The smallest absolute Gasteiger partial charge is 0.475 e. The minimum absolute atomic E-state index is 0.664. The number of carboxylic acids is 1. The molecule has 0 aliphatic rings. The van der Waals surface area contributed by atoms with Crippen LogP contribution in [0.2, 0.25) is 0 Å². The second-order valence-electron chi connectivity index (χ2n) is 5.55. The van der Waals surface area contributed by atoms with Crippen molar-refractivity contribution in [3.63, 3.8) is 0 Å². The number of aromatic nitrogens is 2. The predicted molar refractivity (Wildman–Crippen MR) is 95.9 cm³/mol. The third kappa shape index (κ3) is 5.68. The van der Waals surface area contributed by atoms with Crippen molar-refractivity contribution in [3.05, 3.63) is 66.4 Å². The Morgan fingerprint density at radius 2 is 1.74 bits per heavy atom. The van der Waals surface area contributed by atoms with E-state index in [9.17, 15) is 13.2 Å². The normalized spacial score (nSPS) is 10.8. The van der Waals surface area contributed by atoms with Gasteiger partial charge in [0.25, 0.3) is 0 Å². The first kappa shape index (κ1) is 20.2. The van der Waals surface area contributed by atoms with Crippen molar-refractivity contribution in [1.82, 2.24) is 10.2 Å². The van der Waals surface area contributed by atoms with Crippen LogP contribution >= 0.6 is 0 Å². The van der Waals surface area contributed by atoms with Gasteiger partial charge in [-0.15, -0.1) is 0 Å². The molecule has 0 radical (unpaired) electrons. The van der Waals surface area contributed by atoms with Crippen LogP contribution in [-0.4, -0.2) is 34.0 Å². The minimum atomic E-state index is -5.08. The molecule has 5 nitrogen and oxygen atoms in total. The first-order valence-corrected chi connectivity index (χ1v) is 8.01. The Labute approximate surface area is 153 Å². The molecule has 3 aromatic rings. The monoisotopic (exact) mass is 377 g/mol. The fourth-order valence-corrected chi connectivity index (χ4v) is 2.45. The summed E-state index contributed by atoms with van der Waals surface area (Å²) in [6.07, 6.45) is -2.42. The van der Waals surface area contributed by atoms with Gasteiger partial charge < -0.3 is 10.8 Å². The first-order chi connectivity index (χ1) is 12.8. The lowest BCUT2D eigenvalue weighted by atomic mass is 9.96. The van der Waals surface area contributed by atoms with Gasteiger partial charge in [-0.2, -0.15) is 18.3 Å². The Morgan fingerprint density at radius 1 is 1.07 bits per heavy atom. The third-order valence-corrected chi connectivity index (χ3v) is 3.66. The Balaban J connectivity index is 0.000000321. The average Bonchev–Trinajstić information content (AvgIpc) is 3.17. The molecule has 3 rings (SSSR count). The number of rotatable bonds is 4. The molecular formula is C19H18F3N3O2. The zero-order valence-electron chi connectivity index (χ0n) is 14.2. The van der Waals surface area contributed by atoms with Crippen LogP contribution in [0.4, 0.5) is 13.2 Å². The lowest BCUT2D eigenvalue weighted by Crippen LogP contribution is -2.21. The highest BCUT2D eigenvalue weighted by molar-refractivity contribution is 5.73. The Bertz CT molecular complexity index is 878. The molecule has 0 aliphatic carbocycles. The molecule has 0 bridgehead atoms. The van der Waals surface area contributed by atoms with Crippen molar-refractivity contribution in [1.29, 1.82) is 0 Å². The number of nitrogens with one attached hydrogen (secondary N) is 1. The largest absolute Gasteiger partial charge is 0.490 e. The highest BCUT2D eigenvalue weighted by Crippen LogP contribution is 2.27. The summed E-state index contributed by atoms with van der Waals surface area (Å²) in [5.74, 6) is -2.76. The molecule has 142 valence electrons. The number of nitrogens with two attached hydrogens (primary N) is 1. The van der Waals surface area contributed by atoms with Crippen LogP contribution in [0.1, 0.15) is 5.56 Å². The van der Waals surface area contributed by atoms with Gasteiger partial charge in [-0.3, -0.25) is 5.10 Å². The summed E-state index contributed by atoms with van der Waals surface area (Å²) < 4.78 is 31.7. The highest BCUT2D eigenvalue weighted by atomic mass is 19.4. The molecule has 0 saturated heterocycles. The summed E-state index contributed by atoms with van der Waals surface area (Å²) in [6, 6.07) is 18.9. The van der Waals surface area contributed by atoms with Crippen LogP contribution in [0.15, 0.2) is 60.8 Å². The molecule has 8 heteroatoms. The second kappa shape index (κ2) is 9.00. The van der Waals surface area contributed by atoms with Crippen LogP contribution in [0.5, 0.6) is 0 Å². The molecule has 0 unspecified atom stereocenters. The van der Waals surface area contributed by atoms with E-state index in [0.717, 1.165) is 17.7 Å². The molecule has 0 amide bonds. The van der Waals surface area contributed by atoms with Crippen LogP contribution in [0.3, 0.4) is 0 Å². The Morgan fingerprint density at radius 3 is 2.33 bits per heavy atom. The lowest BCUT2D eigenvalue weighted by molar-refractivity contribution is -0.192. The van der Waals surface area contributed by atoms with E-state index in [4.69, 9.17) is 15.6 Å². The number of H-pyrrole nitrogens is 1. The van der Waals surface area contributed by atoms with E-state index in [1.165, 1.54) is 16.7 Å². The van der Waals surface area contributed by atoms with Crippen molar-refractivity contribution in [2.75, 3.05) is 6.54 Å². The molecule has 27 heavy (non-hydrogen) atoms. The molecule has 0 saturated carbocycles. The Kier molecular flexibility index (Phi) is 6.73. The van der Waals surface area contributed by atoms with Gasteiger partial charge in [-0.1, -0.05) is 42.5 Å². The summed E-state index contributed by atoms with van der Waals surface area (Å²) in [5.41, 5.74) is 11.6. The van der Waals surface area contributed by atoms with Crippen LogP contribution in [0, 0.1) is 0 Å². The number of carboxylic acid groups (broad SMARTS) is 1. The fraction of sp³-hybridized carbons (Fsp3) is 0.158. The maximum absolute atomic E-state index is 10.6. The standard InChI is InChI=1S/C17H17N3.C2HF3O2/c18-10-8-13-4-1-2-7-16(13)14-5-3-6-15(12-14)17-9-11-19-20-17;3-2(4,5)1(6)7/h1-7,9,11-12H,8,10,18H2,(H,19,20);(H,6,7). The van der Waals surface area contributed by atoms with E-state index in [1.807, 2.05) is 6.07 Å². The summed E-state index contributed by atoms with van der Waals surface area (Å²) in [7, 11) is 0. The SMILES string of the molecule is NCCc1ccccc1-c1cccc(-c2ccn[nH]2)c1.O=C(O)C(F)(F)F. The van der Waals surface area contributed by atoms with Gasteiger partial charge in [0.05, 0.1) is 5.69 Å². The number of benzene rings is 2. The number of aliphatic carboxylic acids is 1. The molecular weight excluding hydrogens is 359 g/mol. The van der Waals surface area contributed by atoms with E-state index >= 15 is 0 Å². The average molecular weight is 377 g/mol. The predicted octanol–water partition coefficient (Wildman–Crippen LogP) is 3.88. The Hall–Kier alpha value is -3.13. The van der Waals surface area contributed by atoms with Gasteiger partial charge >= 0.3 is 12.1 Å². The van der Waals surface area contributed by atoms with E-state index in [0.29, 0.717) is 6.54 Å². The number of alkyl halides is 3. The zero-order chi connectivity index (χ0) is 19.9. The first-order valence-electron chi connectivity index (χ1n) is 8.01. The van der Waals surface area contributed by atoms with Crippen LogP contribution in [-0.2, 0) is 11.2 Å². The molecule has 1 heterocycles. The molecule has 4 N–H and O–H groups in total. The maximum atomic E-state index is 10.6. The van der Waals surface area contributed by atoms with Gasteiger partial charge in [0, 0.05) is 11.8 Å². The van der Waals surface area contributed by atoms with Crippen LogP contribution < -0.4 is 5.73 Å². The van der Waals surface area contributed by atoms with Crippen molar-refractivity contribution < 1.29 is 23.1 Å². The van der Waals surface area contributed by atoms with Gasteiger partial charge in [0.1, 0.15) is 0 Å². The van der Waals surface area contributed by atoms with E-state index in [2.05, 4.69) is 58.7 Å². The van der Waals surface area contributed by atoms with Gasteiger partial charge in [0.15, 0.2) is 0 Å². The lowest BCUT2D eigenvalue weighted by Gasteiger charge is -2.10. The molecule has 0 atom stereocenters. The third-order valence-electron chi connectivity index (χ3n) is 3.66. The second-order valence-corrected chi connectivity index (χ2v) is 5.55. The minimum Gasteiger partial charge on any atom is -0.475 e. The summed E-state index contributed by atoms with van der Waals surface area (Å²) in [5, 5.41) is 14.1. The summed E-state index contributed by atoms with van der Waals surface area (Å²) >= 11 is 0. The van der Waals surface area contributed by atoms with E-state index in [-0.39, 0.29) is 0 Å². The van der Waals surface area contributed by atoms with Crippen molar-refractivity contribution in [2.24, 2.45) is 5.73 Å². The summed E-state index contributed by atoms with van der Waals surface area (Å²) in [4.78, 5) is 8.90. The van der Waals surface area contributed by atoms with E-state index in [1.54, 1.807) is 6.20 Å². The van der Waals surface area contributed by atoms with Gasteiger partial charge in [-0.25, -0.2) is 4.79 Å². The number of nitrogens with zero attached hydrogens (tertiary/aromatic N) is 1. The zero-order valence-corrected chi connectivity index (χ0v) is 14.2. The molecule has 0 fully saturated rings. The topological polar surface area (TPSA) is 92.0 Å².